The van der Waals surface area contributed by atoms with Gasteiger partial charge in [0.25, 0.3) is 0 Å². The highest BCUT2D eigenvalue weighted by Crippen LogP contribution is 2.37. The number of hydrogen-bond acceptors (Lipinski definition) is 2. The fraction of sp³-hybridized carbons (Fsp3) is 0.647. The fourth-order valence-corrected chi connectivity index (χ4v) is 4.23. The number of piperidine rings is 1. The Labute approximate surface area is 117 Å². The van der Waals surface area contributed by atoms with E-state index in [2.05, 4.69) is 54.5 Å². The van der Waals surface area contributed by atoms with Gasteiger partial charge in [0.15, 0.2) is 0 Å². The van der Waals surface area contributed by atoms with E-state index in [-0.39, 0.29) is 0 Å². The number of benzene rings is 1. The van der Waals surface area contributed by atoms with Gasteiger partial charge in [-0.15, -0.1) is 0 Å². The molecule has 0 aliphatic carbocycles. The van der Waals surface area contributed by atoms with Gasteiger partial charge in [-0.05, 0) is 51.6 Å². The van der Waals surface area contributed by atoms with Crippen molar-refractivity contribution in [3.05, 3.63) is 35.9 Å². The van der Waals surface area contributed by atoms with Crippen LogP contribution >= 0.6 is 0 Å². The molecule has 2 bridgehead atoms. The van der Waals surface area contributed by atoms with Gasteiger partial charge in [-0.25, -0.2) is 0 Å². The van der Waals surface area contributed by atoms with Crippen LogP contribution in [0.5, 0.6) is 0 Å². The van der Waals surface area contributed by atoms with Crippen molar-refractivity contribution in [2.75, 3.05) is 7.05 Å². The molecule has 1 aromatic carbocycles. The lowest BCUT2D eigenvalue weighted by molar-refractivity contribution is 0.0791. The Bertz CT molecular complexity index is 389. The highest BCUT2D eigenvalue weighted by Gasteiger charge is 2.42. The van der Waals surface area contributed by atoms with Crippen LogP contribution in [0.2, 0.25) is 0 Å². The van der Waals surface area contributed by atoms with Crippen molar-refractivity contribution in [2.24, 2.45) is 0 Å². The quantitative estimate of drug-likeness (QED) is 0.893. The summed E-state index contributed by atoms with van der Waals surface area (Å²) in [6.45, 7) is 2.41. The minimum Gasteiger partial charge on any atom is -0.317 e. The van der Waals surface area contributed by atoms with Gasteiger partial charge in [0.2, 0.25) is 0 Å². The molecular weight excluding hydrogens is 232 g/mol. The molecule has 3 rings (SSSR count). The Morgan fingerprint density at radius 2 is 1.79 bits per heavy atom. The molecule has 1 aromatic rings. The summed E-state index contributed by atoms with van der Waals surface area (Å²) in [4.78, 5) is 2.82. The summed E-state index contributed by atoms with van der Waals surface area (Å²) in [6, 6.07) is 14.0. The molecular formula is C17H26N2. The van der Waals surface area contributed by atoms with E-state index in [1.807, 2.05) is 0 Å². The van der Waals surface area contributed by atoms with E-state index in [1.165, 1.54) is 37.7 Å². The Balaban J connectivity index is 1.66. The lowest BCUT2D eigenvalue weighted by atomic mass is 9.94. The average Bonchev–Trinajstić information content (AvgIpc) is 2.71. The van der Waals surface area contributed by atoms with Crippen LogP contribution in [0.25, 0.3) is 0 Å². The van der Waals surface area contributed by atoms with Gasteiger partial charge in [-0.2, -0.15) is 0 Å². The first kappa shape index (κ1) is 13.1. The minimum absolute atomic E-state index is 0.678. The fourth-order valence-electron chi connectivity index (χ4n) is 4.23. The van der Waals surface area contributed by atoms with Crippen molar-refractivity contribution < 1.29 is 0 Å². The SMILES string of the molecule is CNC1CC2CCC(C1)N2C(C)Cc1ccccc1. The molecule has 1 N–H and O–H groups in total. The zero-order valence-electron chi connectivity index (χ0n) is 12.2. The molecule has 2 heterocycles. The van der Waals surface area contributed by atoms with E-state index in [0.717, 1.165) is 18.1 Å². The second-order valence-corrected chi connectivity index (χ2v) is 6.33. The summed E-state index contributed by atoms with van der Waals surface area (Å²) in [5.74, 6) is 0. The Hall–Kier alpha value is -0.860. The van der Waals surface area contributed by atoms with E-state index in [4.69, 9.17) is 0 Å². The Kier molecular flexibility index (Phi) is 3.90. The van der Waals surface area contributed by atoms with Gasteiger partial charge in [0.05, 0.1) is 0 Å². The Morgan fingerprint density at radius 3 is 2.37 bits per heavy atom. The molecule has 2 aliphatic heterocycles. The summed E-state index contributed by atoms with van der Waals surface area (Å²) in [5.41, 5.74) is 1.48. The summed E-state index contributed by atoms with van der Waals surface area (Å²) in [6.07, 6.45) is 6.68. The summed E-state index contributed by atoms with van der Waals surface area (Å²) >= 11 is 0. The van der Waals surface area contributed by atoms with E-state index in [9.17, 15) is 0 Å². The van der Waals surface area contributed by atoms with E-state index >= 15 is 0 Å². The van der Waals surface area contributed by atoms with Crippen LogP contribution in [0, 0.1) is 0 Å². The summed E-state index contributed by atoms with van der Waals surface area (Å²) in [5, 5.41) is 3.49. The molecule has 2 saturated heterocycles. The first-order chi connectivity index (χ1) is 9.28. The van der Waals surface area contributed by atoms with Crippen molar-refractivity contribution in [3.8, 4) is 0 Å². The molecule has 0 aromatic heterocycles. The van der Waals surface area contributed by atoms with Crippen LogP contribution in [-0.2, 0) is 6.42 Å². The molecule has 2 nitrogen and oxygen atoms in total. The zero-order valence-corrected chi connectivity index (χ0v) is 12.2. The number of rotatable bonds is 4. The number of fused-ring (bicyclic) bond motifs is 2. The molecule has 3 atom stereocenters. The topological polar surface area (TPSA) is 15.3 Å². The summed E-state index contributed by atoms with van der Waals surface area (Å²) < 4.78 is 0. The molecule has 0 radical (unpaired) electrons. The van der Waals surface area contributed by atoms with Crippen LogP contribution in [0.1, 0.15) is 38.2 Å². The van der Waals surface area contributed by atoms with Gasteiger partial charge in [-0.1, -0.05) is 30.3 Å². The van der Waals surface area contributed by atoms with Gasteiger partial charge < -0.3 is 5.32 Å². The highest BCUT2D eigenvalue weighted by atomic mass is 15.3. The number of nitrogens with zero attached hydrogens (tertiary/aromatic N) is 1. The van der Waals surface area contributed by atoms with E-state index in [0.29, 0.717) is 6.04 Å². The standard InChI is InChI=1S/C17H26N2/c1-13(10-14-6-4-3-5-7-14)19-16-8-9-17(19)12-15(11-16)18-2/h3-7,13,15-18H,8-12H2,1-2H3. The van der Waals surface area contributed by atoms with Crippen molar-refractivity contribution in [2.45, 2.75) is 63.2 Å². The van der Waals surface area contributed by atoms with Crippen LogP contribution in [-0.4, -0.2) is 36.1 Å². The van der Waals surface area contributed by atoms with Gasteiger partial charge >= 0.3 is 0 Å². The first-order valence-electron chi connectivity index (χ1n) is 7.76. The maximum atomic E-state index is 3.49. The number of hydrogen-bond donors (Lipinski definition) is 1. The monoisotopic (exact) mass is 258 g/mol. The van der Waals surface area contributed by atoms with Crippen LogP contribution in [0.3, 0.4) is 0 Å². The summed E-state index contributed by atoms with van der Waals surface area (Å²) in [7, 11) is 2.12. The largest absolute Gasteiger partial charge is 0.317 e. The molecule has 2 heteroatoms. The maximum Gasteiger partial charge on any atom is 0.0116 e. The first-order valence-corrected chi connectivity index (χ1v) is 7.76. The lowest BCUT2D eigenvalue weighted by Gasteiger charge is -2.42. The Morgan fingerprint density at radius 1 is 1.16 bits per heavy atom. The third-order valence-corrected chi connectivity index (χ3v) is 5.08. The van der Waals surface area contributed by atoms with Crippen LogP contribution < -0.4 is 5.32 Å². The molecule has 19 heavy (non-hydrogen) atoms. The van der Waals surface area contributed by atoms with Crippen LogP contribution in [0.4, 0.5) is 0 Å². The number of nitrogens with one attached hydrogen (secondary N) is 1. The van der Waals surface area contributed by atoms with Crippen molar-refractivity contribution >= 4 is 0 Å². The average molecular weight is 258 g/mol. The molecule has 0 amide bonds. The van der Waals surface area contributed by atoms with Crippen molar-refractivity contribution in [3.63, 3.8) is 0 Å². The third-order valence-electron chi connectivity index (χ3n) is 5.08. The maximum absolute atomic E-state index is 3.49. The van der Waals surface area contributed by atoms with Crippen molar-refractivity contribution in [1.82, 2.24) is 10.2 Å². The molecule has 2 aliphatic rings. The van der Waals surface area contributed by atoms with Gasteiger partial charge in [0.1, 0.15) is 0 Å². The normalized spacial score (nSPS) is 32.4. The van der Waals surface area contributed by atoms with Crippen LogP contribution in [0.15, 0.2) is 30.3 Å². The predicted molar refractivity (Wildman–Crippen MR) is 80.3 cm³/mol. The van der Waals surface area contributed by atoms with Gasteiger partial charge in [-0.3, -0.25) is 4.90 Å². The van der Waals surface area contributed by atoms with Gasteiger partial charge in [0, 0.05) is 24.2 Å². The second kappa shape index (κ2) is 5.64. The third kappa shape index (κ3) is 2.70. The van der Waals surface area contributed by atoms with Crippen molar-refractivity contribution in [1.29, 1.82) is 0 Å². The molecule has 0 spiro atoms. The zero-order chi connectivity index (χ0) is 13.2. The molecule has 3 unspecified atom stereocenters. The molecule has 2 fully saturated rings. The minimum atomic E-state index is 0.678. The van der Waals surface area contributed by atoms with E-state index < -0.39 is 0 Å². The molecule has 104 valence electrons. The predicted octanol–water partition coefficient (Wildman–Crippen LogP) is 2.83. The second-order valence-electron chi connectivity index (χ2n) is 6.33. The molecule has 0 saturated carbocycles. The highest BCUT2D eigenvalue weighted by molar-refractivity contribution is 5.16. The van der Waals surface area contributed by atoms with E-state index in [1.54, 1.807) is 0 Å². The lowest BCUT2D eigenvalue weighted by Crippen LogP contribution is -2.52. The smallest absolute Gasteiger partial charge is 0.0116 e.